The lowest BCUT2D eigenvalue weighted by Gasteiger charge is -2.27. The Morgan fingerprint density at radius 2 is 1.79 bits per heavy atom. The zero-order valence-corrected chi connectivity index (χ0v) is 16.8. The van der Waals surface area contributed by atoms with Gasteiger partial charge in [-0.2, -0.15) is 0 Å². The number of aromatic amines is 1. The van der Waals surface area contributed by atoms with Crippen LogP contribution < -0.4 is 16.1 Å². The Hall–Kier alpha value is -2.94. The predicted octanol–water partition coefficient (Wildman–Crippen LogP) is 1.60. The molecule has 9 heteroatoms. The van der Waals surface area contributed by atoms with Crippen molar-refractivity contribution in [2.24, 2.45) is 0 Å². The van der Waals surface area contributed by atoms with Gasteiger partial charge in [0.15, 0.2) is 5.65 Å². The highest BCUT2D eigenvalue weighted by atomic mass is 16.5. The summed E-state index contributed by atoms with van der Waals surface area (Å²) >= 11 is 0. The van der Waals surface area contributed by atoms with Crippen molar-refractivity contribution < 1.29 is 4.74 Å². The smallest absolute Gasteiger partial charge is 0.332 e. The van der Waals surface area contributed by atoms with E-state index in [1.165, 1.54) is 4.57 Å². The number of morpholine rings is 1. The van der Waals surface area contributed by atoms with Crippen LogP contribution in [-0.4, -0.2) is 50.4 Å². The number of aromatic nitrogens is 5. The van der Waals surface area contributed by atoms with Crippen LogP contribution in [-0.2, 0) is 17.8 Å². The van der Waals surface area contributed by atoms with Crippen molar-refractivity contribution in [1.82, 2.24) is 24.1 Å². The Balaban J connectivity index is 1.77. The van der Waals surface area contributed by atoms with Gasteiger partial charge in [0.2, 0.25) is 0 Å². The lowest BCUT2D eigenvalue weighted by Crippen LogP contribution is -2.40. The number of imidazole rings is 1. The fraction of sp³-hybridized carbons (Fsp3) is 0.500. The van der Waals surface area contributed by atoms with Crippen LogP contribution in [0.4, 0.5) is 5.82 Å². The number of nitrogens with one attached hydrogen (secondary N) is 1. The van der Waals surface area contributed by atoms with Gasteiger partial charge in [-0.3, -0.25) is 13.9 Å². The number of H-pyrrole nitrogens is 1. The van der Waals surface area contributed by atoms with Crippen LogP contribution in [0, 0.1) is 0 Å². The Bertz CT molecular complexity index is 1110. The largest absolute Gasteiger partial charge is 0.378 e. The topological polar surface area (TPSA) is 98.0 Å². The predicted molar refractivity (Wildman–Crippen MR) is 111 cm³/mol. The molecule has 0 unspecified atom stereocenters. The van der Waals surface area contributed by atoms with Gasteiger partial charge in [-0.25, -0.2) is 14.8 Å². The van der Waals surface area contributed by atoms with E-state index in [9.17, 15) is 9.59 Å². The lowest BCUT2D eigenvalue weighted by molar-refractivity contribution is 0.122. The number of pyridine rings is 1. The van der Waals surface area contributed by atoms with E-state index in [-0.39, 0.29) is 11.2 Å². The number of fused-ring (bicyclic) bond motifs is 1. The van der Waals surface area contributed by atoms with E-state index < -0.39 is 0 Å². The summed E-state index contributed by atoms with van der Waals surface area (Å²) in [6, 6.07) is 3.88. The molecule has 4 heterocycles. The summed E-state index contributed by atoms with van der Waals surface area (Å²) in [5.41, 5.74) is 0.913. The van der Waals surface area contributed by atoms with Crippen LogP contribution in [0.1, 0.15) is 26.7 Å². The molecule has 0 bridgehead atoms. The second-order valence-electron chi connectivity index (χ2n) is 7.18. The molecule has 0 radical (unpaired) electrons. The third-order valence-corrected chi connectivity index (χ3v) is 5.11. The minimum atomic E-state index is -0.323. The van der Waals surface area contributed by atoms with Gasteiger partial charge >= 0.3 is 5.69 Å². The highest BCUT2D eigenvalue weighted by molar-refractivity contribution is 5.75. The maximum atomic E-state index is 12.8. The molecular formula is C20H26N6O3. The van der Waals surface area contributed by atoms with Crippen molar-refractivity contribution in [3.8, 4) is 11.4 Å². The first-order valence-electron chi connectivity index (χ1n) is 10.2. The molecule has 29 heavy (non-hydrogen) atoms. The molecule has 0 saturated carbocycles. The molecule has 3 aromatic heterocycles. The Labute approximate surface area is 168 Å². The fourth-order valence-corrected chi connectivity index (χ4v) is 3.65. The van der Waals surface area contributed by atoms with E-state index >= 15 is 0 Å². The second-order valence-corrected chi connectivity index (χ2v) is 7.18. The fourth-order valence-electron chi connectivity index (χ4n) is 3.65. The molecule has 1 saturated heterocycles. The standard InChI is InChI=1S/C20H26N6O3/c1-3-7-25-18-16(19(27)26(8-4-2)20(25)28)22-17(23-18)14-5-6-15(21-13-14)24-9-11-29-12-10-24/h5-6,13H,3-4,7-12H2,1-2H3,(H,22,23). The van der Waals surface area contributed by atoms with Crippen molar-refractivity contribution in [2.75, 3.05) is 31.2 Å². The van der Waals surface area contributed by atoms with E-state index in [2.05, 4.69) is 19.9 Å². The summed E-state index contributed by atoms with van der Waals surface area (Å²) < 4.78 is 8.26. The molecule has 9 nitrogen and oxygen atoms in total. The van der Waals surface area contributed by atoms with Crippen LogP contribution in [0.2, 0.25) is 0 Å². The van der Waals surface area contributed by atoms with Crippen molar-refractivity contribution in [1.29, 1.82) is 0 Å². The second kappa shape index (κ2) is 8.20. The highest BCUT2D eigenvalue weighted by Crippen LogP contribution is 2.21. The van der Waals surface area contributed by atoms with E-state index in [4.69, 9.17) is 4.74 Å². The summed E-state index contributed by atoms with van der Waals surface area (Å²) in [4.78, 5) is 40.1. The van der Waals surface area contributed by atoms with Gasteiger partial charge < -0.3 is 14.6 Å². The van der Waals surface area contributed by atoms with Crippen molar-refractivity contribution in [3.05, 3.63) is 39.2 Å². The number of aryl methyl sites for hydroxylation is 1. The average molecular weight is 398 g/mol. The number of hydrogen-bond donors (Lipinski definition) is 1. The molecule has 0 atom stereocenters. The summed E-state index contributed by atoms with van der Waals surface area (Å²) in [5.74, 6) is 1.43. The number of hydrogen-bond acceptors (Lipinski definition) is 6. The van der Waals surface area contributed by atoms with Gasteiger partial charge in [-0.05, 0) is 25.0 Å². The summed E-state index contributed by atoms with van der Waals surface area (Å²) in [6.07, 6.45) is 3.23. The average Bonchev–Trinajstić information content (AvgIpc) is 3.20. The van der Waals surface area contributed by atoms with Crippen molar-refractivity contribution in [2.45, 2.75) is 39.8 Å². The molecule has 0 aliphatic carbocycles. The summed E-state index contributed by atoms with van der Waals surface area (Å²) in [6.45, 7) is 7.88. The van der Waals surface area contributed by atoms with Crippen LogP contribution in [0.25, 0.3) is 22.6 Å². The lowest BCUT2D eigenvalue weighted by atomic mass is 10.2. The van der Waals surface area contributed by atoms with Gasteiger partial charge in [0.1, 0.15) is 17.2 Å². The number of ether oxygens (including phenoxy) is 1. The minimum Gasteiger partial charge on any atom is -0.378 e. The van der Waals surface area contributed by atoms with Crippen molar-refractivity contribution in [3.63, 3.8) is 0 Å². The highest BCUT2D eigenvalue weighted by Gasteiger charge is 2.18. The van der Waals surface area contributed by atoms with Gasteiger partial charge in [0.05, 0.1) is 13.2 Å². The SMILES string of the molecule is CCCn1c(=O)c2[nH]c(-c3ccc(N4CCOCC4)nc3)nc2n(CCC)c1=O. The van der Waals surface area contributed by atoms with E-state index in [1.807, 2.05) is 26.0 Å². The van der Waals surface area contributed by atoms with Gasteiger partial charge in [0, 0.05) is 37.9 Å². The molecule has 1 aliphatic rings. The maximum Gasteiger partial charge on any atom is 0.332 e. The summed E-state index contributed by atoms with van der Waals surface area (Å²) in [7, 11) is 0. The maximum absolute atomic E-state index is 12.8. The first-order valence-corrected chi connectivity index (χ1v) is 10.2. The van der Waals surface area contributed by atoms with Crippen LogP contribution in [0.3, 0.4) is 0 Å². The third-order valence-electron chi connectivity index (χ3n) is 5.11. The number of nitrogens with zero attached hydrogens (tertiary/aromatic N) is 5. The molecule has 4 rings (SSSR count). The first kappa shape index (κ1) is 19.4. The van der Waals surface area contributed by atoms with Crippen LogP contribution in [0.15, 0.2) is 27.9 Å². The molecule has 0 amide bonds. The Morgan fingerprint density at radius 1 is 1.07 bits per heavy atom. The zero-order valence-electron chi connectivity index (χ0n) is 16.8. The Kier molecular flexibility index (Phi) is 5.48. The van der Waals surface area contributed by atoms with Gasteiger partial charge in [-0.15, -0.1) is 0 Å². The molecule has 1 aliphatic heterocycles. The van der Waals surface area contributed by atoms with Gasteiger partial charge in [-0.1, -0.05) is 13.8 Å². The third kappa shape index (κ3) is 3.57. The van der Waals surface area contributed by atoms with E-state index in [1.54, 1.807) is 10.8 Å². The Morgan fingerprint density at radius 3 is 2.45 bits per heavy atom. The normalized spacial score (nSPS) is 14.6. The molecule has 1 fully saturated rings. The zero-order chi connectivity index (χ0) is 20.4. The quantitative estimate of drug-likeness (QED) is 0.677. The van der Waals surface area contributed by atoms with E-state index in [0.717, 1.165) is 30.9 Å². The van der Waals surface area contributed by atoms with E-state index in [0.29, 0.717) is 49.7 Å². The molecule has 154 valence electrons. The summed E-state index contributed by atoms with van der Waals surface area (Å²) in [5, 5.41) is 0. The first-order chi connectivity index (χ1) is 14.1. The van der Waals surface area contributed by atoms with Crippen molar-refractivity contribution >= 4 is 17.0 Å². The number of anilines is 1. The van der Waals surface area contributed by atoms with Crippen LogP contribution >= 0.6 is 0 Å². The van der Waals surface area contributed by atoms with Gasteiger partial charge in [0.25, 0.3) is 5.56 Å². The molecule has 0 aromatic carbocycles. The van der Waals surface area contributed by atoms with Crippen LogP contribution in [0.5, 0.6) is 0 Å². The molecule has 1 N–H and O–H groups in total. The molecular weight excluding hydrogens is 372 g/mol. The minimum absolute atomic E-state index is 0.301. The number of rotatable bonds is 6. The monoisotopic (exact) mass is 398 g/mol. The molecule has 3 aromatic rings. The molecule has 0 spiro atoms.